The van der Waals surface area contributed by atoms with E-state index in [9.17, 15) is 9.59 Å². The molecule has 1 amide bonds. The second kappa shape index (κ2) is 7.98. The van der Waals surface area contributed by atoms with E-state index in [0.29, 0.717) is 22.2 Å². The van der Waals surface area contributed by atoms with Crippen LogP contribution in [0.25, 0.3) is 0 Å². The summed E-state index contributed by atoms with van der Waals surface area (Å²) in [5, 5.41) is 9.58. The van der Waals surface area contributed by atoms with Crippen LogP contribution in [-0.2, 0) is 9.59 Å². The van der Waals surface area contributed by atoms with Crippen molar-refractivity contribution in [1.82, 2.24) is 5.32 Å². The number of amides is 1. The third-order valence-electron chi connectivity index (χ3n) is 2.91. The molecule has 1 N–H and O–H groups in total. The van der Waals surface area contributed by atoms with Crippen molar-refractivity contribution >= 4 is 45.9 Å². The molecule has 1 aromatic carbocycles. The maximum absolute atomic E-state index is 11.6. The summed E-state index contributed by atoms with van der Waals surface area (Å²) >= 11 is 6.40. The predicted octanol–water partition coefficient (Wildman–Crippen LogP) is 1.78. The molecule has 1 fully saturated rings. The number of amidine groups is 1. The highest BCUT2D eigenvalue weighted by Gasteiger charge is 2.31. The smallest absolute Gasteiger partial charge is 0.240 e. The van der Waals surface area contributed by atoms with Gasteiger partial charge in [-0.15, -0.1) is 5.10 Å². The fraction of sp³-hybridized carbons (Fsp3) is 0.286. The zero-order chi connectivity index (χ0) is 16.8. The first-order valence-corrected chi connectivity index (χ1v) is 7.78. The summed E-state index contributed by atoms with van der Waals surface area (Å²) < 4.78 is 10.4. The van der Waals surface area contributed by atoms with Crippen molar-refractivity contribution in [3.8, 4) is 11.5 Å². The Morgan fingerprint density at radius 3 is 2.87 bits per heavy atom. The Kier molecular flexibility index (Phi) is 6.00. The number of halogens is 1. The van der Waals surface area contributed by atoms with Crippen molar-refractivity contribution in [3.05, 3.63) is 23.8 Å². The van der Waals surface area contributed by atoms with E-state index in [1.807, 2.05) is 0 Å². The lowest BCUT2D eigenvalue weighted by molar-refractivity contribution is -0.121. The van der Waals surface area contributed by atoms with Crippen molar-refractivity contribution in [2.24, 2.45) is 10.2 Å². The van der Waals surface area contributed by atoms with Crippen molar-refractivity contribution < 1.29 is 19.1 Å². The predicted molar refractivity (Wildman–Crippen MR) is 89.6 cm³/mol. The van der Waals surface area contributed by atoms with Crippen LogP contribution < -0.4 is 14.8 Å². The van der Waals surface area contributed by atoms with E-state index in [0.717, 1.165) is 11.8 Å². The Morgan fingerprint density at radius 2 is 2.22 bits per heavy atom. The molecule has 1 saturated heterocycles. The van der Waals surface area contributed by atoms with Gasteiger partial charge in [-0.1, -0.05) is 11.8 Å². The molecule has 0 spiro atoms. The first kappa shape index (κ1) is 17.3. The highest BCUT2D eigenvalue weighted by molar-refractivity contribution is 8.15. The van der Waals surface area contributed by atoms with Crippen LogP contribution in [0, 0.1) is 0 Å². The van der Waals surface area contributed by atoms with Gasteiger partial charge in [0.05, 0.1) is 25.7 Å². The van der Waals surface area contributed by atoms with Gasteiger partial charge in [0.25, 0.3) is 0 Å². The van der Waals surface area contributed by atoms with Crippen molar-refractivity contribution in [1.29, 1.82) is 0 Å². The van der Waals surface area contributed by atoms with E-state index < -0.39 is 10.5 Å². The molecular formula is C14H14ClN3O4S. The number of nitrogens with zero attached hydrogens (tertiary/aromatic N) is 2. The first-order chi connectivity index (χ1) is 11.0. The SMILES string of the molecule is COc1ccc(/C=N/N=C2/NC(=O)C(CC(=O)Cl)S2)c(OC)c1. The van der Waals surface area contributed by atoms with Crippen LogP contribution in [0.5, 0.6) is 11.5 Å². The average molecular weight is 356 g/mol. The number of thioether (sulfide) groups is 1. The molecule has 0 aliphatic carbocycles. The van der Waals surface area contributed by atoms with Crippen molar-refractivity contribution in [2.45, 2.75) is 11.7 Å². The Morgan fingerprint density at radius 1 is 1.43 bits per heavy atom. The summed E-state index contributed by atoms with van der Waals surface area (Å²) in [6, 6.07) is 5.27. The van der Waals surface area contributed by atoms with E-state index in [-0.39, 0.29) is 12.3 Å². The average Bonchev–Trinajstić information content (AvgIpc) is 2.86. The standard InChI is InChI=1S/C14H14ClN3O4S/c1-21-9-4-3-8(10(5-9)22-2)7-16-18-14-17-13(20)11(23-14)6-12(15)19/h3-5,7,11H,6H2,1-2H3,(H,17,18,20)/b16-7+. The van der Waals surface area contributed by atoms with Crippen LogP contribution in [0.3, 0.4) is 0 Å². The van der Waals surface area contributed by atoms with Gasteiger partial charge >= 0.3 is 0 Å². The lowest BCUT2D eigenvalue weighted by Crippen LogP contribution is -2.25. The van der Waals surface area contributed by atoms with E-state index in [4.69, 9.17) is 21.1 Å². The summed E-state index contributed by atoms with van der Waals surface area (Å²) in [4.78, 5) is 22.5. The minimum Gasteiger partial charge on any atom is -0.497 e. The molecule has 9 heteroatoms. The molecule has 1 aliphatic heterocycles. The Hall–Kier alpha value is -2.06. The molecule has 122 valence electrons. The molecule has 0 bridgehead atoms. The number of ether oxygens (including phenoxy) is 2. The van der Waals surface area contributed by atoms with Crippen LogP contribution in [0.2, 0.25) is 0 Å². The van der Waals surface area contributed by atoms with E-state index in [1.54, 1.807) is 32.4 Å². The number of benzene rings is 1. The lowest BCUT2D eigenvalue weighted by atomic mass is 10.2. The Labute approximate surface area is 142 Å². The fourth-order valence-corrected chi connectivity index (χ4v) is 2.97. The first-order valence-electron chi connectivity index (χ1n) is 6.52. The number of carbonyl (C=O) groups excluding carboxylic acids is 2. The Bertz CT molecular complexity index is 678. The zero-order valence-corrected chi connectivity index (χ0v) is 14.0. The summed E-state index contributed by atoms with van der Waals surface area (Å²) in [5.41, 5.74) is 0.708. The molecule has 1 atom stereocenters. The molecule has 23 heavy (non-hydrogen) atoms. The molecule has 1 unspecified atom stereocenters. The topological polar surface area (TPSA) is 89.4 Å². The molecular weight excluding hydrogens is 342 g/mol. The third kappa shape index (κ3) is 4.70. The highest BCUT2D eigenvalue weighted by Crippen LogP contribution is 2.24. The number of carbonyl (C=O) groups is 2. The van der Waals surface area contributed by atoms with Gasteiger partial charge in [0.15, 0.2) is 5.17 Å². The number of methoxy groups -OCH3 is 2. The zero-order valence-electron chi connectivity index (χ0n) is 12.4. The molecule has 1 heterocycles. The minimum atomic E-state index is -0.565. The van der Waals surface area contributed by atoms with Gasteiger partial charge < -0.3 is 14.8 Å². The second-order valence-electron chi connectivity index (χ2n) is 4.41. The van der Waals surface area contributed by atoms with Gasteiger partial charge in [0.2, 0.25) is 11.1 Å². The largest absolute Gasteiger partial charge is 0.497 e. The summed E-state index contributed by atoms with van der Waals surface area (Å²) in [7, 11) is 3.11. The van der Waals surface area contributed by atoms with Crippen LogP contribution >= 0.6 is 23.4 Å². The highest BCUT2D eigenvalue weighted by atomic mass is 35.5. The van der Waals surface area contributed by atoms with E-state index in [2.05, 4.69) is 15.5 Å². The Balaban J connectivity index is 2.07. The molecule has 7 nitrogen and oxygen atoms in total. The van der Waals surface area contributed by atoms with Crippen molar-refractivity contribution in [3.63, 3.8) is 0 Å². The minimum absolute atomic E-state index is 0.0485. The van der Waals surface area contributed by atoms with E-state index >= 15 is 0 Å². The maximum Gasteiger partial charge on any atom is 0.240 e. The molecule has 0 radical (unpaired) electrons. The van der Waals surface area contributed by atoms with Crippen molar-refractivity contribution in [2.75, 3.05) is 14.2 Å². The molecule has 1 aromatic rings. The van der Waals surface area contributed by atoms with Crippen LogP contribution in [0.1, 0.15) is 12.0 Å². The van der Waals surface area contributed by atoms with Gasteiger partial charge in [0, 0.05) is 18.1 Å². The van der Waals surface area contributed by atoms with Gasteiger partial charge in [-0.25, -0.2) is 0 Å². The summed E-state index contributed by atoms with van der Waals surface area (Å²) in [6.45, 7) is 0. The fourth-order valence-electron chi connectivity index (χ4n) is 1.80. The third-order valence-corrected chi connectivity index (χ3v) is 4.13. The van der Waals surface area contributed by atoms with Gasteiger partial charge in [-0.2, -0.15) is 5.10 Å². The molecule has 0 aromatic heterocycles. The number of hydrogen-bond donors (Lipinski definition) is 1. The molecule has 0 saturated carbocycles. The van der Waals surface area contributed by atoms with Gasteiger partial charge in [0.1, 0.15) is 11.5 Å². The second-order valence-corrected chi connectivity index (χ2v) is 6.03. The monoisotopic (exact) mass is 355 g/mol. The summed E-state index contributed by atoms with van der Waals surface area (Å²) in [5.74, 6) is 0.944. The normalized spacial score (nSPS) is 19.2. The number of nitrogens with one attached hydrogen (secondary N) is 1. The maximum atomic E-state index is 11.6. The van der Waals surface area contributed by atoms with Gasteiger partial charge in [-0.05, 0) is 23.7 Å². The number of rotatable bonds is 6. The lowest BCUT2D eigenvalue weighted by Gasteiger charge is -2.06. The number of hydrogen-bond acceptors (Lipinski definition) is 7. The van der Waals surface area contributed by atoms with Crippen LogP contribution in [0.15, 0.2) is 28.4 Å². The van der Waals surface area contributed by atoms with Crippen LogP contribution in [0.4, 0.5) is 0 Å². The quantitative estimate of drug-likeness (QED) is 0.477. The summed E-state index contributed by atoms with van der Waals surface area (Å²) in [6.07, 6.45) is 1.45. The van der Waals surface area contributed by atoms with Crippen LogP contribution in [-0.4, -0.2) is 42.0 Å². The van der Waals surface area contributed by atoms with E-state index in [1.165, 1.54) is 6.21 Å². The van der Waals surface area contributed by atoms with Gasteiger partial charge in [-0.3, -0.25) is 9.59 Å². The molecule has 1 aliphatic rings. The molecule has 2 rings (SSSR count).